The van der Waals surface area contributed by atoms with Crippen LogP contribution in [0.15, 0.2) is 11.1 Å². The molecule has 1 unspecified atom stereocenters. The minimum absolute atomic E-state index is 0.00145. The molecule has 4 fully saturated rings. The van der Waals surface area contributed by atoms with Crippen LogP contribution < -0.4 is 0 Å². The zero-order valence-corrected chi connectivity index (χ0v) is 25.8. The van der Waals surface area contributed by atoms with E-state index in [0.29, 0.717) is 30.6 Å². The van der Waals surface area contributed by atoms with Crippen LogP contribution in [0.2, 0.25) is 0 Å². The number of nitro groups is 1. The van der Waals surface area contributed by atoms with Crippen molar-refractivity contribution in [2.24, 2.45) is 50.7 Å². The van der Waals surface area contributed by atoms with Crippen molar-refractivity contribution in [2.45, 2.75) is 132 Å². The summed E-state index contributed by atoms with van der Waals surface area (Å²) in [5.74, 6) is 1.90. The van der Waals surface area contributed by atoms with Gasteiger partial charge >= 0.3 is 0 Å². The Labute approximate surface area is 235 Å². The molecule has 4 saturated carbocycles. The Morgan fingerprint density at radius 3 is 2.26 bits per heavy atom. The molecule has 0 spiro atoms. The van der Waals surface area contributed by atoms with Crippen molar-refractivity contribution in [1.29, 1.82) is 0 Å². The number of allylic oxidation sites excluding steroid dienone is 2. The summed E-state index contributed by atoms with van der Waals surface area (Å²) in [6, 6.07) is 0. The summed E-state index contributed by atoms with van der Waals surface area (Å²) in [6.07, 6.45) is 9.00. The number of fused-ring (bicyclic) bond motifs is 7. The molecule has 0 amide bonds. The monoisotopic (exact) mass is 543 g/mol. The van der Waals surface area contributed by atoms with Crippen LogP contribution in [0.25, 0.3) is 0 Å². The molecule has 9 atom stereocenters. The Hall–Kier alpha value is -1.27. The van der Waals surface area contributed by atoms with Gasteiger partial charge in [0, 0.05) is 23.2 Å². The molecule has 5 aliphatic carbocycles. The highest BCUT2D eigenvalue weighted by Crippen LogP contribution is 2.77. The van der Waals surface area contributed by atoms with Gasteiger partial charge in [-0.1, -0.05) is 54.0 Å². The predicted molar refractivity (Wildman–Crippen MR) is 152 cm³/mol. The van der Waals surface area contributed by atoms with Gasteiger partial charge in [0.05, 0.1) is 6.10 Å². The summed E-state index contributed by atoms with van der Waals surface area (Å²) in [5.41, 5.74) is 2.51. The smallest absolute Gasteiger partial charge is 0.204 e. The largest absolute Gasteiger partial charge is 0.368 e. The van der Waals surface area contributed by atoms with Crippen molar-refractivity contribution < 1.29 is 19.6 Å². The molecular weight excluding hydrogens is 490 g/mol. The number of carbonyl (C=O) groups excluding carboxylic acids is 1. The molecule has 0 aliphatic heterocycles. The fraction of sp³-hybridized carbons (Fsp3) is 0.909. The second-order valence-corrected chi connectivity index (χ2v) is 15.9. The first kappa shape index (κ1) is 29.2. The summed E-state index contributed by atoms with van der Waals surface area (Å²) in [6.45, 7) is 18.4. The third-order valence-electron chi connectivity index (χ3n) is 13.6. The molecule has 39 heavy (non-hydrogen) atoms. The van der Waals surface area contributed by atoms with Crippen molar-refractivity contribution in [2.75, 3.05) is 6.54 Å². The number of Topliss-reactive ketones (excluding diaryl/α,β-unsaturated/α-hetero) is 1. The van der Waals surface area contributed by atoms with Crippen LogP contribution in [0.5, 0.6) is 0 Å². The zero-order chi connectivity index (χ0) is 28.8. The molecule has 220 valence electrons. The van der Waals surface area contributed by atoms with E-state index in [1.165, 1.54) is 18.4 Å². The summed E-state index contributed by atoms with van der Waals surface area (Å²) in [4.78, 5) is 24.8. The lowest BCUT2D eigenvalue weighted by Crippen LogP contribution is -2.65. The van der Waals surface area contributed by atoms with Crippen molar-refractivity contribution in [3.8, 4) is 0 Å². The van der Waals surface area contributed by atoms with Gasteiger partial charge < -0.3 is 9.84 Å². The minimum atomic E-state index is -0.739. The highest BCUT2D eigenvalue weighted by Gasteiger charge is 2.70. The first-order valence-corrected chi connectivity index (χ1v) is 15.8. The molecule has 0 aromatic rings. The van der Waals surface area contributed by atoms with Gasteiger partial charge in [-0.2, -0.15) is 0 Å². The van der Waals surface area contributed by atoms with E-state index in [4.69, 9.17) is 4.74 Å². The second-order valence-electron chi connectivity index (χ2n) is 15.9. The van der Waals surface area contributed by atoms with Gasteiger partial charge in [0.2, 0.25) is 6.54 Å². The van der Waals surface area contributed by atoms with E-state index in [1.54, 1.807) is 6.92 Å². The first-order valence-electron chi connectivity index (χ1n) is 15.8. The van der Waals surface area contributed by atoms with Crippen molar-refractivity contribution in [3.63, 3.8) is 0 Å². The van der Waals surface area contributed by atoms with E-state index in [9.17, 15) is 20.0 Å². The highest BCUT2D eigenvalue weighted by molar-refractivity contribution is 6.00. The number of ether oxygens (including phenoxy) is 1. The highest BCUT2D eigenvalue weighted by atomic mass is 16.6. The van der Waals surface area contributed by atoms with Crippen LogP contribution in [0, 0.1) is 60.9 Å². The Balaban J connectivity index is 1.54. The van der Waals surface area contributed by atoms with Gasteiger partial charge in [-0.25, -0.2) is 0 Å². The van der Waals surface area contributed by atoms with E-state index in [-0.39, 0.29) is 56.3 Å². The molecule has 6 heteroatoms. The van der Waals surface area contributed by atoms with E-state index < -0.39 is 6.29 Å². The van der Waals surface area contributed by atoms with Crippen LogP contribution in [-0.2, 0) is 9.53 Å². The molecule has 0 aromatic carbocycles. The number of aliphatic hydroxyl groups is 1. The molecule has 0 bridgehead atoms. The Bertz CT molecular complexity index is 1060. The van der Waals surface area contributed by atoms with E-state index >= 15 is 0 Å². The molecule has 5 rings (SSSR count). The van der Waals surface area contributed by atoms with Crippen LogP contribution in [-0.4, -0.2) is 34.8 Å². The fourth-order valence-corrected chi connectivity index (χ4v) is 11.8. The average Bonchev–Trinajstić information content (AvgIpc) is 3.12. The van der Waals surface area contributed by atoms with Crippen LogP contribution in [0.1, 0.15) is 120 Å². The quantitative estimate of drug-likeness (QED) is 0.215. The maximum absolute atomic E-state index is 13.5. The number of carbonyl (C=O) groups is 1. The molecule has 6 nitrogen and oxygen atoms in total. The number of rotatable bonds is 6. The number of aliphatic hydroxyl groups excluding tert-OH is 1. The molecule has 0 saturated heterocycles. The molecule has 1 N–H and O–H groups in total. The zero-order valence-electron chi connectivity index (χ0n) is 25.8. The van der Waals surface area contributed by atoms with Crippen LogP contribution in [0.4, 0.5) is 0 Å². The Kier molecular flexibility index (Phi) is 7.03. The average molecular weight is 544 g/mol. The summed E-state index contributed by atoms with van der Waals surface area (Å²) in [5, 5.41) is 21.5. The number of hydrogen-bond acceptors (Lipinski definition) is 5. The molecule has 0 heterocycles. The Morgan fingerprint density at radius 2 is 1.64 bits per heavy atom. The summed E-state index contributed by atoms with van der Waals surface area (Å²) < 4.78 is 6.08. The topological polar surface area (TPSA) is 89.7 Å². The third-order valence-corrected chi connectivity index (χ3v) is 13.6. The van der Waals surface area contributed by atoms with Gasteiger partial charge in [-0.15, -0.1) is 0 Å². The minimum Gasteiger partial charge on any atom is -0.368 e. The van der Waals surface area contributed by atoms with Crippen molar-refractivity contribution >= 4 is 5.78 Å². The number of hydrogen-bond donors (Lipinski definition) is 1. The lowest BCUT2D eigenvalue weighted by Gasteiger charge is -2.72. The Morgan fingerprint density at radius 1 is 0.949 bits per heavy atom. The van der Waals surface area contributed by atoms with Gasteiger partial charge in [-0.05, 0) is 109 Å². The summed E-state index contributed by atoms with van der Waals surface area (Å²) >= 11 is 0. The van der Waals surface area contributed by atoms with E-state index in [2.05, 4.69) is 48.5 Å². The fourth-order valence-electron chi connectivity index (χ4n) is 11.8. The predicted octanol–water partition coefficient (Wildman–Crippen LogP) is 7.36. The SMILES string of the molecule is CC(O)O[C@H]1CC[C@]2(C)[C@H]3CC[C@@H]4C5=C(C(C)C)C(=O)C[C@]5(CC[N+](=O)[O-])CC[C@@]4(C)[C@]3(C)CC[C@H]2C1(C)C. The van der Waals surface area contributed by atoms with Gasteiger partial charge in [-0.3, -0.25) is 14.9 Å². The molecular formula is C33H53NO5. The summed E-state index contributed by atoms with van der Waals surface area (Å²) in [7, 11) is 0. The third kappa shape index (κ3) is 4.04. The van der Waals surface area contributed by atoms with Gasteiger partial charge in [0.15, 0.2) is 12.1 Å². The number of nitrogens with zero attached hydrogens (tertiary/aromatic N) is 1. The first-order chi connectivity index (χ1) is 18.0. The second kappa shape index (κ2) is 9.37. The lowest BCUT2D eigenvalue weighted by molar-refractivity contribution is -0.483. The number of ketones is 1. The van der Waals surface area contributed by atoms with Crippen LogP contribution in [0.3, 0.4) is 0 Å². The molecule has 0 radical (unpaired) electrons. The standard InChI is InChI=1S/C33H53NO5/c1-20(2)27-23(36)19-33(17-18-34(37)38)16-15-31(7)22(28(27)33)9-10-25-30(6)13-12-26(39-21(3)35)29(4,5)24(30)11-14-32(25,31)8/h20-22,24-26,35H,9-19H2,1-8H3/t21?,22-,24+,25-,26+,30+,31-,32-,33-/m1/s1. The van der Waals surface area contributed by atoms with Crippen LogP contribution >= 0.6 is 0 Å². The van der Waals surface area contributed by atoms with Gasteiger partial charge in [0.25, 0.3) is 0 Å². The van der Waals surface area contributed by atoms with E-state index in [0.717, 1.165) is 44.1 Å². The normalized spacial score (nSPS) is 45.8. The van der Waals surface area contributed by atoms with Gasteiger partial charge in [0.1, 0.15) is 0 Å². The van der Waals surface area contributed by atoms with E-state index in [1.807, 2.05) is 0 Å². The lowest BCUT2D eigenvalue weighted by atomic mass is 9.33. The molecule has 5 aliphatic rings. The van der Waals surface area contributed by atoms with Crippen molar-refractivity contribution in [3.05, 3.63) is 21.3 Å². The maximum atomic E-state index is 13.5. The molecule has 0 aromatic heterocycles. The maximum Gasteiger partial charge on any atom is 0.204 e. The van der Waals surface area contributed by atoms with Crippen molar-refractivity contribution in [1.82, 2.24) is 0 Å².